The van der Waals surface area contributed by atoms with E-state index in [4.69, 9.17) is 23.7 Å². The van der Waals surface area contributed by atoms with Gasteiger partial charge >= 0.3 is 0 Å². The molecule has 0 radical (unpaired) electrons. The van der Waals surface area contributed by atoms with Crippen LogP contribution in [0.3, 0.4) is 0 Å². The molecule has 164 valence electrons. The second-order valence-electron chi connectivity index (χ2n) is 8.22. The molecule has 0 bridgehead atoms. The Labute approximate surface area is 188 Å². The van der Waals surface area contributed by atoms with Crippen molar-refractivity contribution in [3.63, 3.8) is 0 Å². The fourth-order valence-electron chi connectivity index (χ4n) is 4.50. The third kappa shape index (κ3) is 3.07. The smallest absolute Gasteiger partial charge is 0.178 e. The molecule has 5 rings (SSSR count). The monoisotopic (exact) mass is 493 g/mol. The summed E-state index contributed by atoms with van der Waals surface area (Å²) in [4.78, 5) is 13.6. The highest BCUT2D eigenvalue weighted by atomic mass is 81.9. The number of carbonyl (C=O) groups is 1. The molecule has 0 amide bonds. The van der Waals surface area contributed by atoms with Crippen LogP contribution in [0.4, 0.5) is 0 Å². The standard InChI is InChI=1S/C23H23BrO7/c1-23(24,10-25)19-7-13-14(30-19)5-4-11-21(26)20-12-6-16(27-2)17(28-3)8-15(12)29-9-18(20)31-22(11)13/h4-6,8,18-20,25H,7,9-10H2,1-3H3/t18-,19-,20+,23-/m1/s1/i24+2. The minimum absolute atomic E-state index is 0.0157. The summed E-state index contributed by atoms with van der Waals surface area (Å²) in [6.07, 6.45) is -0.187. The average Bonchev–Trinajstić information content (AvgIpc) is 3.23. The lowest BCUT2D eigenvalue weighted by Crippen LogP contribution is -2.43. The van der Waals surface area contributed by atoms with Gasteiger partial charge in [0.25, 0.3) is 0 Å². The zero-order chi connectivity index (χ0) is 21.9. The van der Waals surface area contributed by atoms with Gasteiger partial charge in [-0.15, -0.1) is 0 Å². The molecule has 3 aliphatic heterocycles. The van der Waals surface area contributed by atoms with Crippen LogP contribution in [0.15, 0.2) is 24.3 Å². The van der Waals surface area contributed by atoms with Gasteiger partial charge in [0.1, 0.15) is 36.1 Å². The summed E-state index contributed by atoms with van der Waals surface area (Å²) in [5, 5.41) is 9.69. The molecule has 1 N–H and O–H groups in total. The van der Waals surface area contributed by atoms with Gasteiger partial charge in [0.15, 0.2) is 17.3 Å². The van der Waals surface area contributed by atoms with Gasteiger partial charge in [-0.05, 0) is 25.1 Å². The van der Waals surface area contributed by atoms with Crippen molar-refractivity contribution in [2.45, 2.75) is 35.8 Å². The number of aliphatic hydroxyl groups is 1. The van der Waals surface area contributed by atoms with E-state index in [9.17, 15) is 9.90 Å². The third-order valence-corrected chi connectivity index (χ3v) is 7.06. The Morgan fingerprint density at radius 2 is 1.90 bits per heavy atom. The first-order valence-corrected chi connectivity index (χ1v) is 10.9. The Morgan fingerprint density at radius 3 is 2.61 bits per heavy atom. The van der Waals surface area contributed by atoms with Crippen molar-refractivity contribution in [3.05, 3.63) is 41.0 Å². The summed E-state index contributed by atoms with van der Waals surface area (Å²) < 4.78 is 28.5. The van der Waals surface area contributed by atoms with Crippen LogP contribution in [-0.4, -0.2) is 54.9 Å². The number of benzene rings is 2. The Morgan fingerprint density at radius 1 is 1.16 bits per heavy atom. The van der Waals surface area contributed by atoms with Crippen LogP contribution >= 0.6 is 15.9 Å². The van der Waals surface area contributed by atoms with Gasteiger partial charge < -0.3 is 28.8 Å². The lowest BCUT2D eigenvalue weighted by molar-refractivity contribution is 0.0554. The number of methoxy groups -OCH3 is 2. The van der Waals surface area contributed by atoms with Crippen molar-refractivity contribution in [1.82, 2.24) is 0 Å². The zero-order valence-electron chi connectivity index (χ0n) is 17.4. The van der Waals surface area contributed by atoms with Crippen LogP contribution in [0.25, 0.3) is 0 Å². The van der Waals surface area contributed by atoms with Crippen molar-refractivity contribution in [2.75, 3.05) is 27.4 Å². The lowest BCUT2D eigenvalue weighted by Gasteiger charge is -2.37. The molecule has 2 aromatic carbocycles. The normalized spacial score (nSPS) is 24.9. The second-order valence-corrected chi connectivity index (χ2v) is 10.0. The largest absolute Gasteiger partial charge is 0.493 e. The Bertz CT molecular complexity index is 1060. The Kier molecular flexibility index (Phi) is 4.82. The number of ether oxygens (including phenoxy) is 5. The summed E-state index contributed by atoms with van der Waals surface area (Å²) in [6, 6.07) is 7.11. The molecule has 7 nitrogen and oxygen atoms in total. The summed E-state index contributed by atoms with van der Waals surface area (Å²) in [5.41, 5.74) is 2.12. The molecule has 0 saturated heterocycles. The highest BCUT2D eigenvalue weighted by Gasteiger charge is 2.47. The van der Waals surface area contributed by atoms with E-state index in [1.54, 1.807) is 32.4 Å². The quantitative estimate of drug-likeness (QED) is 0.655. The minimum Gasteiger partial charge on any atom is -0.493 e. The molecular weight excluding hydrogens is 470 g/mol. The van der Waals surface area contributed by atoms with Crippen molar-refractivity contribution in [3.8, 4) is 28.7 Å². The van der Waals surface area contributed by atoms with Crippen molar-refractivity contribution < 1.29 is 33.6 Å². The number of Topliss-reactive ketones (excluding diaryl/α,β-unsaturated/α-hetero) is 1. The van der Waals surface area contributed by atoms with E-state index in [1.807, 2.05) is 13.0 Å². The van der Waals surface area contributed by atoms with Crippen LogP contribution in [0, 0.1) is 0 Å². The molecule has 0 unspecified atom stereocenters. The van der Waals surface area contributed by atoms with Gasteiger partial charge in [0.2, 0.25) is 0 Å². The molecule has 3 heterocycles. The summed E-state index contributed by atoms with van der Waals surface area (Å²) >= 11 is 3.55. The highest BCUT2D eigenvalue weighted by Crippen LogP contribution is 2.50. The number of hydrogen-bond acceptors (Lipinski definition) is 7. The molecular formula is C23H23BrO7. The summed E-state index contributed by atoms with van der Waals surface area (Å²) in [5.74, 6) is 2.41. The topological polar surface area (TPSA) is 83.5 Å². The molecule has 0 aliphatic carbocycles. The molecule has 0 fully saturated rings. The number of carbonyl (C=O) groups excluding carboxylic acids is 1. The number of alkyl halides is 1. The molecule has 2 aromatic rings. The maximum atomic E-state index is 13.6. The first kappa shape index (κ1) is 20.5. The predicted octanol–water partition coefficient (Wildman–Crippen LogP) is 3.27. The van der Waals surface area contributed by atoms with E-state index in [0.29, 0.717) is 40.7 Å². The molecule has 0 spiro atoms. The Balaban J connectivity index is 1.55. The Hall–Kier alpha value is -2.45. The molecule has 0 aromatic heterocycles. The van der Waals surface area contributed by atoms with Crippen LogP contribution in [-0.2, 0) is 6.42 Å². The average molecular weight is 493 g/mol. The van der Waals surface area contributed by atoms with Crippen LogP contribution < -0.4 is 23.7 Å². The van der Waals surface area contributed by atoms with Crippen LogP contribution in [0.5, 0.6) is 28.7 Å². The summed E-state index contributed by atoms with van der Waals surface area (Å²) in [7, 11) is 3.12. The SMILES string of the molecule is COc1cc2c(cc1OC)[C@@H]1C(=O)c3ccc4c(c3O[C@@H]1CO2)C[C@H]([C@](C)([82Br])CO)O4. The first-order valence-electron chi connectivity index (χ1n) is 10.1. The van der Waals surface area contributed by atoms with E-state index in [0.717, 1.165) is 11.1 Å². The highest BCUT2D eigenvalue weighted by molar-refractivity contribution is 9.10. The second kappa shape index (κ2) is 7.31. The number of aliphatic hydroxyl groups excluding tert-OH is 1. The first-order chi connectivity index (χ1) is 14.9. The van der Waals surface area contributed by atoms with E-state index in [2.05, 4.69) is 15.9 Å². The van der Waals surface area contributed by atoms with Crippen molar-refractivity contribution in [2.24, 2.45) is 0 Å². The van der Waals surface area contributed by atoms with E-state index in [1.165, 1.54) is 0 Å². The number of ketones is 1. The fraction of sp³-hybridized carbons (Fsp3) is 0.435. The van der Waals surface area contributed by atoms with Crippen molar-refractivity contribution in [1.29, 1.82) is 0 Å². The molecule has 31 heavy (non-hydrogen) atoms. The van der Waals surface area contributed by atoms with Gasteiger partial charge in [-0.2, -0.15) is 0 Å². The van der Waals surface area contributed by atoms with Crippen LogP contribution in [0.1, 0.15) is 34.3 Å². The third-order valence-electron chi connectivity index (χ3n) is 6.30. The maximum Gasteiger partial charge on any atom is 0.178 e. The van der Waals surface area contributed by atoms with Crippen LogP contribution in [0.2, 0.25) is 0 Å². The number of fused-ring (bicyclic) bond motifs is 6. The molecule has 8 heteroatoms. The van der Waals surface area contributed by atoms with Gasteiger partial charge in [-0.1, -0.05) is 15.9 Å². The van der Waals surface area contributed by atoms with E-state index >= 15 is 0 Å². The predicted molar refractivity (Wildman–Crippen MR) is 116 cm³/mol. The fourth-order valence-corrected chi connectivity index (χ4v) is 4.76. The van der Waals surface area contributed by atoms with Gasteiger partial charge in [0.05, 0.1) is 36.6 Å². The summed E-state index contributed by atoms with van der Waals surface area (Å²) in [6.45, 7) is 2.05. The number of halogens is 1. The van der Waals surface area contributed by atoms with Gasteiger partial charge in [-0.3, -0.25) is 4.79 Å². The lowest BCUT2D eigenvalue weighted by atomic mass is 9.81. The van der Waals surface area contributed by atoms with Crippen molar-refractivity contribution >= 4 is 21.7 Å². The van der Waals surface area contributed by atoms with E-state index < -0.39 is 16.3 Å². The number of rotatable bonds is 4. The maximum absolute atomic E-state index is 13.6. The van der Waals surface area contributed by atoms with Gasteiger partial charge in [-0.25, -0.2) is 0 Å². The molecule has 4 atom stereocenters. The molecule has 0 saturated carbocycles. The van der Waals surface area contributed by atoms with E-state index in [-0.39, 0.29) is 25.1 Å². The van der Waals surface area contributed by atoms with Gasteiger partial charge in [0, 0.05) is 23.6 Å². The zero-order valence-corrected chi connectivity index (χ0v) is 19.0. The number of hydrogen-bond donors (Lipinski definition) is 1. The molecule has 3 aliphatic rings. The minimum atomic E-state index is -0.595.